The first-order chi connectivity index (χ1) is 29.3. The number of ether oxygens (including phenoxy) is 6. The standard InChI is InChI=1S/C18H26O3.2C17H24O3/c1-5-6-7-8-16-9-11-17(12-10-16)21-15(4)13-20-18(19)14(2)3;2*1-4-5-6-7-15-8-10-16(11-9-15)19-12-13-20-17(18)14(2)3/h9-12,15H,2,5-8,13H2,1,3-4H3;2*8-11H,2,4-7,12-13H2,1,3H3. The lowest BCUT2D eigenvalue weighted by Crippen LogP contribution is -2.21. The summed E-state index contributed by atoms with van der Waals surface area (Å²) in [6.45, 7) is 25.4. The number of hydrogen-bond acceptors (Lipinski definition) is 9. The van der Waals surface area contributed by atoms with Gasteiger partial charge in [-0.25, -0.2) is 14.4 Å². The van der Waals surface area contributed by atoms with E-state index in [2.05, 4.69) is 76.9 Å². The Morgan fingerprint density at radius 1 is 0.459 bits per heavy atom. The van der Waals surface area contributed by atoms with Crippen molar-refractivity contribution in [3.63, 3.8) is 0 Å². The summed E-state index contributed by atoms with van der Waals surface area (Å²) in [6.07, 6.45) is 14.4. The Hall–Kier alpha value is -5.31. The van der Waals surface area contributed by atoms with Crippen molar-refractivity contribution >= 4 is 17.9 Å². The van der Waals surface area contributed by atoms with Crippen LogP contribution in [0.1, 0.15) is 123 Å². The lowest BCUT2D eigenvalue weighted by atomic mass is 10.1. The first-order valence-electron chi connectivity index (χ1n) is 22.0. The van der Waals surface area contributed by atoms with Gasteiger partial charge in [-0.15, -0.1) is 0 Å². The fraction of sp³-hybridized carbons (Fsp3) is 0.481. The van der Waals surface area contributed by atoms with Crippen LogP contribution in [0.2, 0.25) is 0 Å². The number of aryl methyl sites for hydroxylation is 3. The Bertz CT molecular complexity index is 1610. The number of carbonyl (C=O) groups excluding carboxylic acids is 3. The van der Waals surface area contributed by atoms with E-state index in [0.717, 1.165) is 36.5 Å². The Labute approximate surface area is 367 Å². The molecule has 61 heavy (non-hydrogen) atoms. The number of rotatable bonds is 27. The van der Waals surface area contributed by atoms with E-state index < -0.39 is 0 Å². The molecule has 0 aliphatic carbocycles. The van der Waals surface area contributed by atoms with Crippen LogP contribution in [-0.4, -0.2) is 57.0 Å². The van der Waals surface area contributed by atoms with Gasteiger partial charge in [-0.3, -0.25) is 0 Å². The van der Waals surface area contributed by atoms with Crippen molar-refractivity contribution in [1.29, 1.82) is 0 Å². The molecule has 3 aromatic rings. The summed E-state index contributed by atoms with van der Waals surface area (Å²) in [5.41, 5.74) is 5.21. The van der Waals surface area contributed by atoms with Crippen molar-refractivity contribution in [1.82, 2.24) is 0 Å². The minimum absolute atomic E-state index is 0.181. The Morgan fingerprint density at radius 3 is 1.08 bits per heavy atom. The topological polar surface area (TPSA) is 107 Å². The smallest absolute Gasteiger partial charge is 0.333 e. The summed E-state index contributed by atoms with van der Waals surface area (Å²) >= 11 is 0. The van der Waals surface area contributed by atoms with Crippen LogP contribution in [-0.2, 0) is 47.9 Å². The molecule has 0 aliphatic heterocycles. The molecule has 0 fully saturated rings. The lowest BCUT2D eigenvalue weighted by Gasteiger charge is -2.15. The van der Waals surface area contributed by atoms with Gasteiger partial charge in [0, 0.05) is 16.7 Å². The number of benzene rings is 3. The zero-order valence-corrected chi connectivity index (χ0v) is 38.3. The minimum atomic E-state index is -0.378. The van der Waals surface area contributed by atoms with Crippen molar-refractivity contribution in [2.75, 3.05) is 33.0 Å². The molecule has 0 amide bonds. The highest BCUT2D eigenvalue weighted by Gasteiger charge is 2.10. The van der Waals surface area contributed by atoms with Gasteiger partial charge in [0.2, 0.25) is 0 Å². The second-order valence-electron chi connectivity index (χ2n) is 15.1. The SMILES string of the molecule is C=C(C)C(=O)OCC(C)Oc1ccc(CCCCC)cc1.C=C(C)C(=O)OCCOc1ccc(CCCCC)cc1.C=C(C)C(=O)OCCOc1ccc(CCCCC)cc1. The summed E-state index contributed by atoms with van der Waals surface area (Å²) in [6, 6.07) is 24.3. The van der Waals surface area contributed by atoms with Gasteiger partial charge in [-0.2, -0.15) is 0 Å². The van der Waals surface area contributed by atoms with E-state index in [1.54, 1.807) is 20.8 Å². The van der Waals surface area contributed by atoms with Crippen LogP contribution in [0.15, 0.2) is 109 Å². The van der Waals surface area contributed by atoms with Crippen molar-refractivity contribution in [3.05, 3.63) is 126 Å². The van der Waals surface area contributed by atoms with Gasteiger partial charge in [-0.05, 0) is 119 Å². The fourth-order valence-corrected chi connectivity index (χ4v) is 5.39. The van der Waals surface area contributed by atoms with Crippen LogP contribution in [0.5, 0.6) is 17.2 Å². The maximum atomic E-state index is 11.3. The third-order valence-corrected chi connectivity index (χ3v) is 8.98. The molecule has 0 N–H and O–H groups in total. The zero-order valence-electron chi connectivity index (χ0n) is 38.3. The monoisotopic (exact) mass is 843 g/mol. The minimum Gasteiger partial charge on any atom is -0.490 e. The van der Waals surface area contributed by atoms with Crippen LogP contribution in [0.4, 0.5) is 0 Å². The predicted molar refractivity (Wildman–Crippen MR) is 247 cm³/mol. The zero-order chi connectivity index (χ0) is 45.3. The summed E-state index contributed by atoms with van der Waals surface area (Å²) in [4.78, 5) is 33.6. The lowest BCUT2D eigenvalue weighted by molar-refractivity contribution is -0.141. The third kappa shape index (κ3) is 27.2. The molecule has 9 nitrogen and oxygen atoms in total. The predicted octanol–water partition coefficient (Wildman–Crippen LogP) is 12.1. The molecule has 3 aromatic carbocycles. The largest absolute Gasteiger partial charge is 0.490 e. The van der Waals surface area contributed by atoms with Gasteiger partial charge >= 0.3 is 17.9 Å². The molecule has 0 heterocycles. The number of carbonyl (C=O) groups is 3. The van der Waals surface area contributed by atoms with E-state index in [-0.39, 0.29) is 43.8 Å². The van der Waals surface area contributed by atoms with Crippen LogP contribution in [0.3, 0.4) is 0 Å². The summed E-state index contributed by atoms with van der Waals surface area (Å²) in [7, 11) is 0. The molecule has 0 bridgehead atoms. The highest BCUT2D eigenvalue weighted by Crippen LogP contribution is 2.17. The van der Waals surface area contributed by atoms with Crippen LogP contribution < -0.4 is 14.2 Å². The van der Waals surface area contributed by atoms with Gasteiger partial charge in [-0.1, -0.05) is 115 Å². The molecule has 3 rings (SSSR count). The summed E-state index contributed by atoms with van der Waals surface area (Å²) in [5, 5.41) is 0. The maximum Gasteiger partial charge on any atom is 0.333 e. The van der Waals surface area contributed by atoms with E-state index >= 15 is 0 Å². The molecule has 0 saturated heterocycles. The summed E-state index contributed by atoms with van der Waals surface area (Å²) in [5.74, 6) is 1.27. The van der Waals surface area contributed by atoms with Crippen molar-refractivity contribution in [3.8, 4) is 17.2 Å². The van der Waals surface area contributed by atoms with Crippen molar-refractivity contribution in [2.45, 2.75) is 132 Å². The Morgan fingerprint density at radius 2 is 0.770 bits per heavy atom. The molecular weight excluding hydrogens is 769 g/mol. The average Bonchev–Trinajstić information content (AvgIpc) is 3.25. The van der Waals surface area contributed by atoms with E-state index in [1.807, 2.05) is 43.3 Å². The first-order valence-corrected chi connectivity index (χ1v) is 22.0. The molecule has 9 heteroatoms. The molecular formula is C52H74O9. The highest BCUT2D eigenvalue weighted by molar-refractivity contribution is 5.87. The second-order valence-corrected chi connectivity index (χ2v) is 15.1. The Balaban J connectivity index is 0.000000458. The van der Waals surface area contributed by atoms with Crippen LogP contribution in [0, 0.1) is 0 Å². The first kappa shape index (κ1) is 53.7. The molecule has 0 aromatic heterocycles. The molecule has 336 valence electrons. The van der Waals surface area contributed by atoms with E-state index in [1.165, 1.54) is 74.5 Å². The molecule has 1 unspecified atom stereocenters. The van der Waals surface area contributed by atoms with Gasteiger partial charge in [0.05, 0.1) is 0 Å². The van der Waals surface area contributed by atoms with E-state index in [0.29, 0.717) is 29.9 Å². The molecule has 0 spiro atoms. The normalized spacial score (nSPS) is 10.7. The summed E-state index contributed by atoms with van der Waals surface area (Å²) < 4.78 is 31.7. The van der Waals surface area contributed by atoms with E-state index in [4.69, 9.17) is 28.4 Å². The average molecular weight is 843 g/mol. The van der Waals surface area contributed by atoms with Crippen molar-refractivity contribution < 1.29 is 42.8 Å². The molecule has 0 saturated carbocycles. The number of hydrogen-bond donors (Lipinski definition) is 0. The second kappa shape index (κ2) is 33.4. The van der Waals surface area contributed by atoms with E-state index in [9.17, 15) is 14.4 Å². The van der Waals surface area contributed by atoms with Gasteiger partial charge in [0.1, 0.15) is 56.4 Å². The van der Waals surface area contributed by atoms with Gasteiger partial charge in [0.15, 0.2) is 0 Å². The van der Waals surface area contributed by atoms with Crippen LogP contribution >= 0.6 is 0 Å². The Kier molecular flexibility index (Phi) is 29.4. The third-order valence-electron chi connectivity index (χ3n) is 8.98. The highest BCUT2D eigenvalue weighted by atomic mass is 16.6. The fourth-order valence-electron chi connectivity index (χ4n) is 5.39. The quantitative estimate of drug-likeness (QED) is 0.0321. The molecule has 0 aliphatic rings. The molecule has 1 atom stereocenters. The van der Waals surface area contributed by atoms with Crippen LogP contribution in [0.25, 0.3) is 0 Å². The number of esters is 3. The van der Waals surface area contributed by atoms with Gasteiger partial charge < -0.3 is 28.4 Å². The molecule has 0 radical (unpaired) electrons. The van der Waals surface area contributed by atoms with Crippen molar-refractivity contribution in [2.24, 2.45) is 0 Å². The number of unbranched alkanes of at least 4 members (excludes halogenated alkanes) is 6. The maximum absolute atomic E-state index is 11.3. The van der Waals surface area contributed by atoms with Gasteiger partial charge in [0.25, 0.3) is 0 Å².